The third kappa shape index (κ3) is 9.02. The number of halogens is 2. The van der Waals surface area contributed by atoms with E-state index >= 15 is 0 Å². The predicted molar refractivity (Wildman–Crippen MR) is 107 cm³/mol. The summed E-state index contributed by atoms with van der Waals surface area (Å²) in [5, 5.41) is -0.424. The molecule has 25 heavy (non-hydrogen) atoms. The molecule has 2 rings (SSSR count). The SMILES string of the molecule is CN(C)CCCOc1ccccc1CN.O=C(Cl)c1ccc(Br)cc1. The summed E-state index contributed by atoms with van der Waals surface area (Å²) < 4.78 is 6.61. The molecule has 2 N–H and O–H groups in total. The van der Waals surface area contributed by atoms with Crippen molar-refractivity contribution in [1.29, 1.82) is 0 Å². The molecule has 2 aromatic carbocycles. The maximum absolute atomic E-state index is 10.5. The Kier molecular flexibility index (Phi) is 10.4. The van der Waals surface area contributed by atoms with Crippen LogP contribution < -0.4 is 10.5 Å². The third-order valence-electron chi connectivity index (χ3n) is 3.27. The van der Waals surface area contributed by atoms with Crippen LogP contribution in [0.5, 0.6) is 5.75 Å². The average molecular weight is 428 g/mol. The molecule has 6 heteroatoms. The molecule has 0 fully saturated rings. The molecule has 136 valence electrons. The highest BCUT2D eigenvalue weighted by atomic mass is 79.9. The molecule has 0 bridgehead atoms. The van der Waals surface area contributed by atoms with Gasteiger partial charge in [-0.1, -0.05) is 34.1 Å². The van der Waals surface area contributed by atoms with Crippen LogP contribution in [-0.4, -0.2) is 37.4 Å². The summed E-state index contributed by atoms with van der Waals surface area (Å²) in [6.45, 7) is 2.32. The van der Waals surface area contributed by atoms with Gasteiger partial charge in [-0.15, -0.1) is 0 Å². The van der Waals surface area contributed by atoms with E-state index in [0.717, 1.165) is 35.4 Å². The summed E-state index contributed by atoms with van der Waals surface area (Å²) >= 11 is 8.44. The lowest BCUT2D eigenvalue weighted by molar-refractivity contribution is 0.108. The molecular formula is C19H24BrClN2O2. The van der Waals surface area contributed by atoms with E-state index in [1.807, 2.05) is 24.3 Å². The number of ether oxygens (including phenoxy) is 1. The zero-order valence-electron chi connectivity index (χ0n) is 14.5. The number of rotatable bonds is 7. The maximum atomic E-state index is 10.5. The smallest absolute Gasteiger partial charge is 0.252 e. The van der Waals surface area contributed by atoms with E-state index in [2.05, 4.69) is 34.9 Å². The van der Waals surface area contributed by atoms with Crippen molar-refractivity contribution in [1.82, 2.24) is 4.90 Å². The Morgan fingerprint density at radius 2 is 1.80 bits per heavy atom. The number of nitrogens with zero attached hydrogens (tertiary/aromatic N) is 1. The van der Waals surface area contributed by atoms with Crippen molar-refractivity contribution < 1.29 is 9.53 Å². The first kappa shape index (κ1) is 21.6. The zero-order chi connectivity index (χ0) is 18.7. The minimum absolute atomic E-state index is 0.424. The van der Waals surface area contributed by atoms with Gasteiger partial charge in [0.25, 0.3) is 5.24 Å². The Morgan fingerprint density at radius 3 is 2.36 bits per heavy atom. The fourth-order valence-electron chi connectivity index (χ4n) is 1.96. The average Bonchev–Trinajstić information content (AvgIpc) is 2.60. The van der Waals surface area contributed by atoms with E-state index in [0.29, 0.717) is 12.1 Å². The molecule has 0 aliphatic heterocycles. The Labute approximate surface area is 163 Å². The lowest BCUT2D eigenvalue weighted by Crippen LogP contribution is -2.15. The normalized spacial score (nSPS) is 10.2. The second-order valence-corrected chi connectivity index (χ2v) is 6.86. The van der Waals surface area contributed by atoms with Crippen LogP contribution in [0.2, 0.25) is 0 Å². The van der Waals surface area contributed by atoms with Crippen molar-refractivity contribution in [3.63, 3.8) is 0 Å². The van der Waals surface area contributed by atoms with Crippen molar-refractivity contribution >= 4 is 32.8 Å². The van der Waals surface area contributed by atoms with E-state index in [9.17, 15) is 4.79 Å². The summed E-state index contributed by atoms with van der Waals surface area (Å²) in [5.74, 6) is 0.916. The van der Waals surface area contributed by atoms with Crippen LogP contribution in [-0.2, 0) is 6.54 Å². The number of benzene rings is 2. The molecule has 0 saturated heterocycles. The lowest BCUT2D eigenvalue weighted by Gasteiger charge is -2.12. The van der Waals surface area contributed by atoms with Crippen LogP contribution in [0.3, 0.4) is 0 Å². The van der Waals surface area contributed by atoms with Crippen molar-refractivity contribution in [2.24, 2.45) is 5.73 Å². The van der Waals surface area contributed by atoms with Gasteiger partial charge in [0.1, 0.15) is 5.75 Å². The Hall–Kier alpha value is -1.40. The first-order chi connectivity index (χ1) is 11.9. The monoisotopic (exact) mass is 426 g/mol. The third-order valence-corrected chi connectivity index (χ3v) is 4.02. The van der Waals surface area contributed by atoms with Crippen LogP contribution in [0.15, 0.2) is 53.0 Å². The first-order valence-corrected chi connectivity index (χ1v) is 9.12. The highest BCUT2D eigenvalue weighted by molar-refractivity contribution is 9.10. The molecular weight excluding hydrogens is 404 g/mol. The molecule has 0 spiro atoms. The Morgan fingerprint density at radius 1 is 1.16 bits per heavy atom. The highest BCUT2D eigenvalue weighted by Gasteiger charge is 2.00. The van der Waals surface area contributed by atoms with E-state index in [1.54, 1.807) is 24.3 Å². The minimum Gasteiger partial charge on any atom is -0.493 e. The van der Waals surface area contributed by atoms with Gasteiger partial charge in [0.05, 0.1) is 6.61 Å². The van der Waals surface area contributed by atoms with Crippen LogP contribution in [0.25, 0.3) is 0 Å². The van der Waals surface area contributed by atoms with E-state index in [1.165, 1.54) is 0 Å². The lowest BCUT2D eigenvalue weighted by atomic mass is 10.2. The van der Waals surface area contributed by atoms with Gasteiger partial charge in [-0.2, -0.15) is 0 Å². The zero-order valence-corrected chi connectivity index (χ0v) is 16.9. The molecule has 0 amide bonds. The van der Waals surface area contributed by atoms with Crippen molar-refractivity contribution in [2.45, 2.75) is 13.0 Å². The van der Waals surface area contributed by atoms with Crippen molar-refractivity contribution in [3.05, 3.63) is 64.1 Å². The van der Waals surface area contributed by atoms with Crippen LogP contribution in [0, 0.1) is 0 Å². The largest absolute Gasteiger partial charge is 0.493 e. The standard InChI is InChI=1S/C12H20N2O.C7H4BrClO/c1-14(2)8-5-9-15-12-7-4-3-6-11(12)10-13;8-6-3-1-5(2-4-6)7(9)10/h3-4,6-7H,5,8-10,13H2,1-2H3;1-4H. The quantitative estimate of drug-likeness (QED) is 0.528. The van der Waals surface area contributed by atoms with E-state index < -0.39 is 5.24 Å². The first-order valence-electron chi connectivity index (χ1n) is 7.95. The number of hydrogen-bond acceptors (Lipinski definition) is 4. The van der Waals surface area contributed by atoms with Gasteiger partial charge in [-0.3, -0.25) is 4.79 Å². The van der Waals surface area contributed by atoms with Crippen LogP contribution >= 0.6 is 27.5 Å². The number of para-hydroxylation sites is 1. The van der Waals surface area contributed by atoms with Gasteiger partial charge in [0.2, 0.25) is 0 Å². The molecule has 0 aliphatic carbocycles. The summed E-state index contributed by atoms with van der Waals surface area (Å²) in [7, 11) is 4.13. The summed E-state index contributed by atoms with van der Waals surface area (Å²) in [6.07, 6.45) is 1.03. The van der Waals surface area contributed by atoms with Gasteiger partial charge in [0, 0.05) is 28.7 Å². The summed E-state index contributed by atoms with van der Waals surface area (Å²) in [6, 6.07) is 14.8. The van der Waals surface area contributed by atoms with E-state index in [-0.39, 0.29) is 0 Å². The van der Waals surface area contributed by atoms with Gasteiger partial charge >= 0.3 is 0 Å². The number of nitrogens with two attached hydrogens (primary N) is 1. The number of carbonyl (C=O) groups excluding carboxylic acids is 1. The predicted octanol–water partition coefficient (Wildman–Crippen LogP) is 4.30. The minimum atomic E-state index is -0.424. The van der Waals surface area contributed by atoms with Crippen molar-refractivity contribution in [2.75, 3.05) is 27.2 Å². The molecule has 0 unspecified atom stereocenters. The molecule has 0 aromatic heterocycles. The van der Waals surface area contributed by atoms with Gasteiger partial charge in [0.15, 0.2) is 0 Å². The van der Waals surface area contributed by atoms with Crippen molar-refractivity contribution in [3.8, 4) is 5.75 Å². The molecule has 0 radical (unpaired) electrons. The highest BCUT2D eigenvalue weighted by Crippen LogP contribution is 2.17. The molecule has 4 nitrogen and oxygen atoms in total. The number of carbonyl (C=O) groups is 1. The second kappa shape index (κ2) is 12.0. The summed E-state index contributed by atoms with van der Waals surface area (Å²) in [4.78, 5) is 12.7. The van der Waals surface area contributed by atoms with E-state index in [4.69, 9.17) is 22.1 Å². The second-order valence-electron chi connectivity index (χ2n) is 5.60. The maximum Gasteiger partial charge on any atom is 0.252 e. The molecule has 0 aliphatic rings. The van der Waals surface area contributed by atoms with Gasteiger partial charge in [-0.05, 0) is 62.4 Å². The van der Waals surface area contributed by atoms with Crippen LogP contribution in [0.1, 0.15) is 22.3 Å². The number of hydrogen-bond donors (Lipinski definition) is 1. The Balaban J connectivity index is 0.000000271. The van der Waals surface area contributed by atoms with Crippen LogP contribution in [0.4, 0.5) is 0 Å². The Bertz CT molecular complexity index is 648. The fraction of sp³-hybridized carbons (Fsp3) is 0.316. The van der Waals surface area contributed by atoms with Gasteiger partial charge in [-0.25, -0.2) is 0 Å². The molecule has 0 saturated carbocycles. The molecule has 0 heterocycles. The van der Waals surface area contributed by atoms with Gasteiger partial charge < -0.3 is 15.4 Å². The molecule has 2 aromatic rings. The fourth-order valence-corrected chi connectivity index (χ4v) is 2.35. The topological polar surface area (TPSA) is 55.6 Å². The summed E-state index contributed by atoms with van der Waals surface area (Å²) in [5.41, 5.74) is 7.20. The molecule has 0 atom stereocenters.